The van der Waals surface area contributed by atoms with Gasteiger partial charge in [0.05, 0.1) is 13.1 Å². The van der Waals surface area contributed by atoms with Crippen LogP contribution in [0.15, 0.2) is 48.7 Å². The van der Waals surface area contributed by atoms with E-state index in [9.17, 15) is 9.59 Å². The maximum absolute atomic E-state index is 13.3. The van der Waals surface area contributed by atoms with E-state index < -0.39 is 0 Å². The Kier molecular flexibility index (Phi) is 8.50. The molecular formula is C24H35N3O2. The van der Waals surface area contributed by atoms with Gasteiger partial charge in [0, 0.05) is 38.4 Å². The van der Waals surface area contributed by atoms with Gasteiger partial charge in [-0.15, -0.1) is 0 Å². The smallest absolute Gasteiger partial charge is 0.242 e. The van der Waals surface area contributed by atoms with Crippen molar-refractivity contribution >= 4 is 11.8 Å². The van der Waals surface area contributed by atoms with Crippen LogP contribution < -0.4 is 0 Å². The van der Waals surface area contributed by atoms with Crippen LogP contribution in [-0.2, 0) is 29.7 Å². The molecule has 2 rings (SSSR count). The summed E-state index contributed by atoms with van der Waals surface area (Å²) in [5, 5.41) is 0. The van der Waals surface area contributed by atoms with E-state index in [0.717, 1.165) is 11.3 Å². The van der Waals surface area contributed by atoms with Crippen molar-refractivity contribution in [3.63, 3.8) is 0 Å². The van der Waals surface area contributed by atoms with Crippen molar-refractivity contribution in [2.45, 2.75) is 47.2 Å². The summed E-state index contributed by atoms with van der Waals surface area (Å²) in [7, 11) is 1.98. The summed E-state index contributed by atoms with van der Waals surface area (Å²) in [6, 6.07) is 14.0. The van der Waals surface area contributed by atoms with Crippen molar-refractivity contribution in [1.29, 1.82) is 0 Å². The van der Waals surface area contributed by atoms with Gasteiger partial charge in [0.1, 0.15) is 0 Å². The van der Waals surface area contributed by atoms with Gasteiger partial charge in [-0.2, -0.15) is 0 Å². The molecule has 1 aromatic carbocycles. The third-order valence-corrected chi connectivity index (χ3v) is 4.82. The summed E-state index contributed by atoms with van der Waals surface area (Å²) in [6.45, 7) is 9.98. The first kappa shape index (κ1) is 22.7. The van der Waals surface area contributed by atoms with E-state index in [-0.39, 0.29) is 24.3 Å². The second kappa shape index (κ2) is 10.8. The number of hydrogen-bond donors (Lipinski definition) is 0. The van der Waals surface area contributed by atoms with Gasteiger partial charge < -0.3 is 14.4 Å². The van der Waals surface area contributed by atoms with Crippen LogP contribution in [0.1, 0.15) is 45.4 Å². The topological polar surface area (TPSA) is 45.6 Å². The number of aryl methyl sites for hydroxylation is 1. The van der Waals surface area contributed by atoms with E-state index in [1.807, 2.05) is 79.0 Å². The number of hydrogen-bond acceptors (Lipinski definition) is 2. The molecule has 0 radical (unpaired) electrons. The van der Waals surface area contributed by atoms with Gasteiger partial charge in [0.15, 0.2) is 0 Å². The predicted molar refractivity (Wildman–Crippen MR) is 117 cm³/mol. The Hall–Kier alpha value is -2.56. The van der Waals surface area contributed by atoms with Crippen molar-refractivity contribution in [1.82, 2.24) is 14.4 Å². The van der Waals surface area contributed by atoms with E-state index in [1.54, 1.807) is 4.90 Å². The molecule has 0 spiro atoms. The van der Waals surface area contributed by atoms with Gasteiger partial charge in [0.25, 0.3) is 0 Å². The summed E-state index contributed by atoms with van der Waals surface area (Å²) in [5.74, 6) is 0.624. The molecule has 5 heteroatoms. The molecule has 0 saturated heterocycles. The van der Waals surface area contributed by atoms with Crippen molar-refractivity contribution in [2.75, 3.05) is 13.1 Å². The highest BCUT2D eigenvalue weighted by atomic mass is 16.2. The molecule has 2 amide bonds. The summed E-state index contributed by atoms with van der Waals surface area (Å²) in [5.41, 5.74) is 2.15. The second-order valence-corrected chi connectivity index (χ2v) is 8.61. The van der Waals surface area contributed by atoms with E-state index in [0.29, 0.717) is 32.0 Å². The summed E-state index contributed by atoms with van der Waals surface area (Å²) in [6.07, 6.45) is 2.45. The first-order valence-electron chi connectivity index (χ1n) is 10.5. The number of benzene rings is 1. The molecule has 0 fully saturated rings. The lowest BCUT2D eigenvalue weighted by molar-refractivity contribution is -0.142. The molecule has 0 unspecified atom stereocenters. The Labute approximate surface area is 175 Å². The Balaban J connectivity index is 2.19. The number of rotatable bonds is 10. The molecule has 5 nitrogen and oxygen atoms in total. The van der Waals surface area contributed by atoms with Crippen LogP contribution in [0.25, 0.3) is 0 Å². The molecular weight excluding hydrogens is 362 g/mol. The lowest BCUT2D eigenvalue weighted by atomic mass is 10.1. The van der Waals surface area contributed by atoms with Gasteiger partial charge >= 0.3 is 0 Å². The Morgan fingerprint density at radius 2 is 1.55 bits per heavy atom. The standard InChI is InChI=1S/C24H35N3O2/c1-19(2)14-23(28)26(15-20(3)4)18-24(29)27(16-21-10-7-6-8-11-21)17-22-12-9-13-25(22)5/h6-13,19-20H,14-18H2,1-5H3. The van der Waals surface area contributed by atoms with Crippen LogP contribution in [0.5, 0.6) is 0 Å². The van der Waals surface area contributed by atoms with E-state index >= 15 is 0 Å². The summed E-state index contributed by atoms with van der Waals surface area (Å²) < 4.78 is 2.03. The zero-order valence-electron chi connectivity index (χ0n) is 18.5. The van der Waals surface area contributed by atoms with Gasteiger partial charge in [-0.1, -0.05) is 58.0 Å². The molecule has 2 aromatic rings. The SMILES string of the molecule is CC(C)CC(=O)N(CC(=O)N(Cc1ccccc1)Cc1cccn1C)CC(C)C. The first-order chi connectivity index (χ1) is 13.8. The molecule has 0 aliphatic rings. The maximum Gasteiger partial charge on any atom is 0.242 e. The molecule has 158 valence electrons. The van der Waals surface area contributed by atoms with Gasteiger partial charge in [-0.25, -0.2) is 0 Å². The third kappa shape index (κ3) is 7.41. The molecule has 1 heterocycles. The zero-order chi connectivity index (χ0) is 21.4. The van der Waals surface area contributed by atoms with Crippen LogP contribution in [0, 0.1) is 11.8 Å². The first-order valence-corrected chi connectivity index (χ1v) is 10.5. The molecule has 1 aromatic heterocycles. The highest BCUT2D eigenvalue weighted by Crippen LogP contribution is 2.13. The minimum Gasteiger partial charge on any atom is -0.353 e. The average Bonchev–Trinajstić information content (AvgIpc) is 3.05. The van der Waals surface area contributed by atoms with Crippen molar-refractivity contribution in [3.05, 3.63) is 59.9 Å². The number of carbonyl (C=O) groups is 2. The lowest BCUT2D eigenvalue weighted by Gasteiger charge is -2.29. The Bertz CT molecular complexity index is 780. The highest BCUT2D eigenvalue weighted by molar-refractivity contribution is 5.85. The van der Waals surface area contributed by atoms with Crippen LogP contribution in [0.4, 0.5) is 0 Å². The molecule has 0 atom stereocenters. The molecule has 0 saturated carbocycles. The summed E-state index contributed by atoms with van der Waals surface area (Å²) >= 11 is 0. The third-order valence-electron chi connectivity index (χ3n) is 4.82. The average molecular weight is 398 g/mol. The van der Waals surface area contributed by atoms with Crippen molar-refractivity contribution in [3.8, 4) is 0 Å². The fraction of sp³-hybridized carbons (Fsp3) is 0.500. The summed E-state index contributed by atoms with van der Waals surface area (Å²) in [4.78, 5) is 29.6. The molecule has 0 aliphatic carbocycles. The lowest BCUT2D eigenvalue weighted by Crippen LogP contribution is -2.44. The minimum atomic E-state index is -0.0205. The Morgan fingerprint density at radius 1 is 0.862 bits per heavy atom. The van der Waals surface area contributed by atoms with E-state index in [2.05, 4.69) is 13.8 Å². The molecule has 29 heavy (non-hydrogen) atoms. The van der Waals surface area contributed by atoms with E-state index in [4.69, 9.17) is 0 Å². The fourth-order valence-electron chi connectivity index (χ4n) is 3.33. The Morgan fingerprint density at radius 3 is 2.10 bits per heavy atom. The number of carbonyl (C=O) groups excluding carboxylic acids is 2. The fourth-order valence-corrected chi connectivity index (χ4v) is 3.33. The van der Waals surface area contributed by atoms with Crippen LogP contribution in [-0.4, -0.2) is 39.3 Å². The van der Waals surface area contributed by atoms with Gasteiger partial charge in [-0.3, -0.25) is 9.59 Å². The largest absolute Gasteiger partial charge is 0.353 e. The monoisotopic (exact) mass is 397 g/mol. The predicted octanol–water partition coefficient (Wildman–Crippen LogP) is 4.08. The van der Waals surface area contributed by atoms with Crippen LogP contribution in [0.2, 0.25) is 0 Å². The van der Waals surface area contributed by atoms with Crippen LogP contribution >= 0.6 is 0 Å². The van der Waals surface area contributed by atoms with Gasteiger partial charge in [0.2, 0.25) is 11.8 Å². The molecule has 0 N–H and O–H groups in total. The normalized spacial score (nSPS) is 11.1. The quantitative estimate of drug-likeness (QED) is 0.606. The molecule has 0 bridgehead atoms. The highest BCUT2D eigenvalue weighted by Gasteiger charge is 2.23. The number of nitrogens with zero attached hydrogens (tertiary/aromatic N) is 3. The van der Waals surface area contributed by atoms with Gasteiger partial charge in [-0.05, 0) is 29.5 Å². The molecule has 0 aliphatic heterocycles. The second-order valence-electron chi connectivity index (χ2n) is 8.61. The van der Waals surface area contributed by atoms with Crippen molar-refractivity contribution in [2.24, 2.45) is 18.9 Å². The number of aromatic nitrogens is 1. The maximum atomic E-state index is 13.3. The zero-order valence-corrected chi connectivity index (χ0v) is 18.5. The van der Waals surface area contributed by atoms with E-state index in [1.165, 1.54) is 0 Å². The number of amides is 2. The van der Waals surface area contributed by atoms with Crippen LogP contribution in [0.3, 0.4) is 0 Å². The minimum absolute atomic E-state index is 0.0205. The van der Waals surface area contributed by atoms with Crippen molar-refractivity contribution < 1.29 is 9.59 Å².